The SMILES string of the molecule is CCN1CCN(CC(C(=O)O)c2ccccc2)C(=O)C1=O. The number of benzene rings is 1. The van der Waals surface area contributed by atoms with Crippen LogP contribution in [-0.2, 0) is 14.4 Å². The molecule has 6 heteroatoms. The van der Waals surface area contributed by atoms with Gasteiger partial charge in [0.1, 0.15) is 0 Å². The van der Waals surface area contributed by atoms with Gasteiger partial charge >= 0.3 is 17.8 Å². The summed E-state index contributed by atoms with van der Waals surface area (Å²) in [6.07, 6.45) is 0. The van der Waals surface area contributed by atoms with Crippen LogP contribution in [0, 0.1) is 0 Å². The van der Waals surface area contributed by atoms with Crippen molar-refractivity contribution < 1.29 is 19.5 Å². The van der Waals surface area contributed by atoms with Crippen LogP contribution in [0.25, 0.3) is 0 Å². The van der Waals surface area contributed by atoms with E-state index in [2.05, 4.69) is 0 Å². The molecule has 1 N–H and O–H groups in total. The summed E-state index contributed by atoms with van der Waals surface area (Å²) in [7, 11) is 0. The Hall–Kier alpha value is -2.37. The number of hydrogen-bond acceptors (Lipinski definition) is 3. The number of rotatable bonds is 5. The van der Waals surface area contributed by atoms with Crippen LogP contribution in [0.1, 0.15) is 18.4 Å². The van der Waals surface area contributed by atoms with Crippen LogP contribution < -0.4 is 0 Å². The number of hydrogen-bond donors (Lipinski definition) is 1. The van der Waals surface area contributed by atoms with Crippen molar-refractivity contribution in [3.8, 4) is 0 Å². The monoisotopic (exact) mass is 290 g/mol. The van der Waals surface area contributed by atoms with Gasteiger partial charge in [0.15, 0.2) is 0 Å². The molecule has 0 spiro atoms. The number of amides is 2. The Labute approximate surface area is 123 Å². The maximum Gasteiger partial charge on any atom is 0.312 e. The Morgan fingerprint density at radius 2 is 1.71 bits per heavy atom. The summed E-state index contributed by atoms with van der Waals surface area (Å²) in [6.45, 7) is 3.13. The van der Waals surface area contributed by atoms with Crippen molar-refractivity contribution in [2.75, 3.05) is 26.2 Å². The maximum absolute atomic E-state index is 12.0. The molecule has 1 heterocycles. The predicted octanol–water partition coefficient (Wildman–Crippen LogP) is 0.545. The van der Waals surface area contributed by atoms with Gasteiger partial charge in [-0.3, -0.25) is 14.4 Å². The Kier molecular flexibility index (Phi) is 4.57. The highest BCUT2D eigenvalue weighted by Gasteiger charge is 2.34. The molecule has 112 valence electrons. The van der Waals surface area contributed by atoms with Gasteiger partial charge in [-0.05, 0) is 12.5 Å². The molecule has 1 saturated heterocycles. The lowest BCUT2D eigenvalue weighted by molar-refractivity contribution is -0.156. The molecule has 0 aliphatic carbocycles. The Balaban J connectivity index is 2.13. The van der Waals surface area contributed by atoms with Crippen molar-refractivity contribution in [3.63, 3.8) is 0 Å². The van der Waals surface area contributed by atoms with Crippen LogP contribution in [0.3, 0.4) is 0 Å². The molecular formula is C15H18N2O4. The van der Waals surface area contributed by atoms with Crippen molar-refractivity contribution in [2.45, 2.75) is 12.8 Å². The first kappa shape index (κ1) is 15.0. The fourth-order valence-corrected chi connectivity index (χ4v) is 2.42. The van der Waals surface area contributed by atoms with Gasteiger partial charge in [-0.1, -0.05) is 30.3 Å². The van der Waals surface area contributed by atoms with Gasteiger partial charge in [0.05, 0.1) is 5.92 Å². The first-order chi connectivity index (χ1) is 10.0. The van der Waals surface area contributed by atoms with E-state index in [1.54, 1.807) is 30.3 Å². The van der Waals surface area contributed by atoms with Crippen LogP contribution in [0.5, 0.6) is 0 Å². The summed E-state index contributed by atoms with van der Waals surface area (Å²) in [5.74, 6) is -3.00. The van der Waals surface area contributed by atoms with Gasteiger partial charge < -0.3 is 14.9 Å². The lowest BCUT2D eigenvalue weighted by Crippen LogP contribution is -2.55. The lowest BCUT2D eigenvalue weighted by Gasteiger charge is -2.34. The van der Waals surface area contributed by atoms with E-state index in [1.807, 2.05) is 6.92 Å². The molecule has 0 bridgehead atoms. The minimum Gasteiger partial charge on any atom is -0.481 e. The van der Waals surface area contributed by atoms with Crippen molar-refractivity contribution in [1.82, 2.24) is 9.80 Å². The maximum atomic E-state index is 12.0. The number of carbonyl (C=O) groups excluding carboxylic acids is 2. The van der Waals surface area contributed by atoms with E-state index >= 15 is 0 Å². The zero-order valence-electron chi connectivity index (χ0n) is 11.9. The highest BCUT2D eigenvalue weighted by molar-refractivity contribution is 6.35. The van der Waals surface area contributed by atoms with Gasteiger partial charge in [0, 0.05) is 26.2 Å². The number of carboxylic acids is 1. The zero-order valence-corrected chi connectivity index (χ0v) is 11.9. The van der Waals surface area contributed by atoms with Gasteiger partial charge in [-0.25, -0.2) is 0 Å². The van der Waals surface area contributed by atoms with E-state index in [4.69, 9.17) is 0 Å². The fraction of sp³-hybridized carbons (Fsp3) is 0.400. The van der Waals surface area contributed by atoms with E-state index < -0.39 is 23.7 Å². The summed E-state index contributed by atoms with van der Waals surface area (Å²) in [5.41, 5.74) is 0.628. The van der Waals surface area contributed by atoms with Crippen LogP contribution >= 0.6 is 0 Å². The van der Waals surface area contributed by atoms with E-state index in [0.29, 0.717) is 25.2 Å². The van der Waals surface area contributed by atoms with E-state index in [1.165, 1.54) is 9.80 Å². The largest absolute Gasteiger partial charge is 0.481 e. The average Bonchev–Trinajstić information content (AvgIpc) is 2.49. The lowest BCUT2D eigenvalue weighted by atomic mass is 9.98. The fourth-order valence-electron chi connectivity index (χ4n) is 2.42. The van der Waals surface area contributed by atoms with E-state index in [0.717, 1.165) is 0 Å². The Bertz CT molecular complexity index is 544. The third-order valence-electron chi connectivity index (χ3n) is 3.68. The molecule has 0 saturated carbocycles. The van der Waals surface area contributed by atoms with Gasteiger partial charge in [0.25, 0.3) is 0 Å². The number of carbonyl (C=O) groups is 3. The van der Waals surface area contributed by atoms with Crippen LogP contribution in [0.2, 0.25) is 0 Å². The summed E-state index contributed by atoms with van der Waals surface area (Å²) in [6, 6.07) is 8.75. The van der Waals surface area contributed by atoms with Crippen LogP contribution in [-0.4, -0.2) is 58.9 Å². The van der Waals surface area contributed by atoms with Crippen molar-refractivity contribution in [1.29, 1.82) is 0 Å². The third kappa shape index (κ3) is 3.21. The van der Waals surface area contributed by atoms with Gasteiger partial charge in [-0.2, -0.15) is 0 Å². The average molecular weight is 290 g/mol. The molecule has 0 aromatic heterocycles. The van der Waals surface area contributed by atoms with Gasteiger partial charge in [0.2, 0.25) is 0 Å². The highest BCUT2D eigenvalue weighted by atomic mass is 16.4. The molecule has 1 aromatic carbocycles. The topological polar surface area (TPSA) is 77.9 Å². The highest BCUT2D eigenvalue weighted by Crippen LogP contribution is 2.19. The minimum absolute atomic E-state index is 0.0154. The predicted molar refractivity (Wildman–Crippen MR) is 75.7 cm³/mol. The molecule has 1 aliphatic heterocycles. The van der Waals surface area contributed by atoms with Crippen LogP contribution in [0.15, 0.2) is 30.3 Å². The zero-order chi connectivity index (χ0) is 15.4. The molecule has 1 aromatic rings. The van der Waals surface area contributed by atoms with E-state index in [9.17, 15) is 19.5 Å². The first-order valence-electron chi connectivity index (χ1n) is 6.90. The molecular weight excluding hydrogens is 272 g/mol. The summed E-state index contributed by atoms with van der Waals surface area (Å²) in [4.78, 5) is 38.1. The third-order valence-corrected chi connectivity index (χ3v) is 3.68. The molecule has 1 aliphatic rings. The number of aliphatic carboxylic acids is 1. The van der Waals surface area contributed by atoms with Crippen LogP contribution in [0.4, 0.5) is 0 Å². The summed E-state index contributed by atoms with van der Waals surface area (Å²) < 4.78 is 0. The molecule has 1 unspecified atom stereocenters. The first-order valence-corrected chi connectivity index (χ1v) is 6.90. The molecule has 2 amide bonds. The number of nitrogens with zero attached hydrogens (tertiary/aromatic N) is 2. The second kappa shape index (κ2) is 6.39. The number of likely N-dealkylation sites (N-methyl/N-ethyl adjacent to an activating group) is 1. The standard InChI is InChI=1S/C15H18N2O4/c1-2-16-8-9-17(14(19)13(16)18)10-12(15(20)21)11-6-4-3-5-7-11/h3-7,12H,2,8-10H2,1H3,(H,20,21). The van der Waals surface area contributed by atoms with E-state index in [-0.39, 0.29) is 6.54 Å². The number of carboxylic acid groups (broad SMARTS) is 1. The smallest absolute Gasteiger partial charge is 0.312 e. The normalized spacial score (nSPS) is 17.0. The van der Waals surface area contributed by atoms with Gasteiger partial charge in [-0.15, -0.1) is 0 Å². The number of piperazine rings is 1. The van der Waals surface area contributed by atoms with Crippen molar-refractivity contribution in [3.05, 3.63) is 35.9 Å². The van der Waals surface area contributed by atoms with Crippen molar-refractivity contribution in [2.24, 2.45) is 0 Å². The van der Waals surface area contributed by atoms with Crippen molar-refractivity contribution >= 4 is 17.8 Å². The Morgan fingerprint density at radius 3 is 2.29 bits per heavy atom. The molecule has 0 radical (unpaired) electrons. The molecule has 2 rings (SSSR count). The molecule has 6 nitrogen and oxygen atoms in total. The second-order valence-corrected chi connectivity index (χ2v) is 4.94. The summed E-state index contributed by atoms with van der Waals surface area (Å²) in [5, 5.41) is 9.37. The minimum atomic E-state index is -1.00. The Morgan fingerprint density at radius 1 is 1.14 bits per heavy atom. The quantitative estimate of drug-likeness (QED) is 0.803. The summed E-state index contributed by atoms with van der Waals surface area (Å²) >= 11 is 0. The second-order valence-electron chi connectivity index (χ2n) is 4.94. The molecule has 21 heavy (non-hydrogen) atoms. The molecule has 1 atom stereocenters. The molecule has 1 fully saturated rings.